The van der Waals surface area contributed by atoms with Crippen LogP contribution < -0.4 is 15.2 Å². The number of rotatable bonds is 8. The van der Waals surface area contributed by atoms with Crippen LogP contribution in [0.4, 0.5) is 4.39 Å². The van der Waals surface area contributed by atoms with Gasteiger partial charge in [0.25, 0.3) is 0 Å². The number of halogens is 1. The Morgan fingerprint density at radius 2 is 1.69 bits per heavy atom. The van der Waals surface area contributed by atoms with Crippen LogP contribution in [0.5, 0.6) is 5.75 Å². The van der Waals surface area contributed by atoms with Crippen LogP contribution in [0.25, 0.3) is 0 Å². The molecule has 1 atom stereocenters. The standard InChI is InChI=1S/C20H22FNO4/c1-13(2)26-17-9-5-15(6-10-17)18(12-20(24)25)22-19(23)11-14-3-7-16(21)8-4-14/h3-10,13,18H,11-12H2,1-2H3,(H,22,23)(H,24,25)/p-1. The SMILES string of the molecule is CC(C)Oc1ccc(C(CC(=O)[O-])NC(=O)Cc2ccc(F)cc2)cc1. The first-order valence-electron chi connectivity index (χ1n) is 8.33. The quantitative estimate of drug-likeness (QED) is 0.784. The molecule has 5 nitrogen and oxygen atoms in total. The average Bonchev–Trinajstić information content (AvgIpc) is 2.56. The van der Waals surface area contributed by atoms with Crippen molar-refractivity contribution in [2.24, 2.45) is 0 Å². The molecule has 2 rings (SSSR count). The normalized spacial score (nSPS) is 11.8. The van der Waals surface area contributed by atoms with Gasteiger partial charge in [0, 0.05) is 12.4 Å². The summed E-state index contributed by atoms with van der Waals surface area (Å²) in [6.45, 7) is 3.81. The molecular weight excluding hydrogens is 337 g/mol. The fourth-order valence-electron chi connectivity index (χ4n) is 2.50. The molecule has 0 saturated carbocycles. The van der Waals surface area contributed by atoms with Gasteiger partial charge < -0.3 is 20.0 Å². The zero-order chi connectivity index (χ0) is 19.1. The minimum atomic E-state index is -1.26. The lowest BCUT2D eigenvalue weighted by Gasteiger charge is -2.20. The van der Waals surface area contributed by atoms with Crippen molar-refractivity contribution in [2.45, 2.75) is 38.8 Å². The third-order valence-electron chi connectivity index (χ3n) is 3.64. The molecule has 0 saturated heterocycles. The maximum Gasteiger partial charge on any atom is 0.224 e. The van der Waals surface area contributed by atoms with E-state index >= 15 is 0 Å². The number of carbonyl (C=O) groups is 2. The van der Waals surface area contributed by atoms with Crippen LogP contribution in [0, 0.1) is 5.82 Å². The van der Waals surface area contributed by atoms with E-state index in [4.69, 9.17) is 4.74 Å². The number of benzene rings is 2. The molecule has 0 fully saturated rings. The molecule has 2 aromatic rings. The third kappa shape index (κ3) is 6.20. The number of carboxylic acid groups (broad SMARTS) is 1. The lowest BCUT2D eigenvalue weighted by Crippen LogP contribution is -2.35. The number of hydrogen-bond donors (Lipinski definition) is 1. The summed E-state index contributed by atoms with van der Waals surface area (Å²) >= 11 is 0. The molecule has 1 amide bonds. The van der Waals surface area contributed by atoms with E-state index in [0.717, 1.165) is 0 Å². The van der Waals surface area contributed by atoms with E-state index < -0.39 is 12.0 Å². The van der Waals surface area contributed by atoms with Crippen molar-refractivity contribution >= 4 is 11.9 Å². The van der Waals surface area contributed by atoms with Gasteiger partial charge in [0.05, 0.1) is 18.6 Å². The van der Waals surface area contributed by atoms with Crippen molar-refractivity contribution in [2.75, 3.05) is 0 Å². The molecular formula is C20H21FNO4-. The first kappa shape index (κ1) is 19.4. The van der Waals surface area contributed by atoms with Crippen LogP contribution in [0.15, 0.2) is 48.5 Å². The van der Waals surface area contributed by atoms with E-state index in [0.29, 0.717) is 16.9 Å². The van der Waals surface area contributed by atoms with E-state index in [9.17, 15) is 19.1 Å². The van der Waals surface area contributed by atoms with E-state index in [-0.39, 0.29) is 30.7 Å². The number of aliphatic carboxylic acids is 1. The minimum Gasteiger partial charge on any atom is -0.550 e. The molecule has 0 aliphatic heterocycles. The first-order valence-corrected chi connectivity index (χ1v) is 8.33. The molecule has 0 aliphatic carbocycles. The molecule has 2 aromatic carbocycles. The van der Waals surface area contributed by atoms with E-state index in [1.807, 2.05) is 13.8 Å². The van der Waals surface area contributed by atoms with Gasteiger partial charge in [0.2, 0.25) is 5.91 Å². The van der Waals surface area contributed by atoms with Crippen LogP contribution in [-0.2, 0) is 16.0 Å². The van der Waals surface area contributed by atoms with Crippen LogP contribution in [-0.4, -0.2) is 18.0 Å². The maximum atomic E-state index is 12.9. The van der Waals surface area contributed by atoms with Crippen molar-refractivity contribution < 1.29 is 23.8 Å². The van der Waals surface area contributed by atoms with Crippen LogP contribution in [0.2, 0.25) is 0 Å². The Hall–Kier alpha value is -2.89. The zero-order valence-corrected chi connectivity index (χ0v) is 14.7. The summed E-state index contributed by atoms with van der Waals surface area (Å²) in [6.07, 6.45) is -0.298. The lowest BCUT2D eigenvalue weighted by molar-refractivity contribution is -0.306. The number of hydrogen-bond acceptors (Lipinski definition) is 4. The van der Waals surface area contributed by atoms with Gasteiger partial charge in [-0.1, -0.05) is 24.3 Å². The molecule has 0 aromatic heterocycles. The highest BCUT2D eigenvalue weighted by Gasteiger charge is 2.16. The molecule has 0 radical (unpaired) electrons. The molecule has 0 spiro atoms. The topological polar surface area (TPSA) is 78.5 Å². The predicted octanol–water partition coefficient (Wildman–Crippen LogP) is 2.15. The van der Waals surface area contributed by atoms with Crippen LogP contribution >= 0.6 is 0 Å². The number of carbonyl (C=O) groups excluding carboxylic acids is 2. The second-order valence-electron chi connectivity index (χ2n) is 6.24. The Kier molecular flexibility index (Phi) is 6.72. The summed E-state index contributed by atoms with van der Waals surface area (Å²) in [4.78, 5) is 23.3. The summed E-state index contributed by atoms with van der Waals surface area (Å²) in [6, 6.07) is 11.7. The second kappa shape index (κ2) is 8.99. The predicted molar refractivity (Wildman–Crippen MR) is 92.8 cm³/mol. The van der Waals surface area contributed by atoms with Gasteiger partial charge in [-0.3, -0.25) is 4.79 Å². The summed E-state index contributed by atoms with van der Waals surface area (Å²) in [5.74, 6) is -1.34. The highest BCUT2D eigenvalue weighted by Crippen LogP contribution is 2.21. The monoisotopic (exact) mass is 358 g/mol. The number of ether oxygens (including phenoxy) is 1. The minimum absolute atomic E-state index is 0.0234. The largest absolute Gasteiger partial charge is 0.550 e. The molecule has 138 valence electrons. The highest BCUT2D eigenvalue weighted by atomic mass is 19.1. The first-order chi connectivity index (χ1) is 12.3. The zero-order valence-electron chi connectivity index (χ0n) is 14.7. The van der Waals surface area contributed by atoms with Gasteiger partial charge in [-0.15, -0.1) is 0 Å². The van der Waals surface area contributed by atoms with Crippen molar-refractivity contribution in [1.29, 1.82) is 0 Å². The molecule has 1 N–H and O–H groups in total. The smallest absolute Gasteiger partial charge is 0.224 e. The molecule has 0 heterocycles. The van der Waals surface area contributed by atoms with Gasteiger partial charge in [0.1, 0.15) is 11.6 Å². The lowest BCUT2D eigenvalue weighted by atomic mass is 10.0. The van der Waals surface area contributed by atoms with Gasteiger partial charge in [-0.05, 0) is 49.2 Å². The van der Waals surface area contributed by atoms with Gasteiger partial charge in [0.15, 0.2) is 0 Å². The molecule has 6 heteroatoms. The Balaban J connectivity index is 2.07. The summed E-state index contributed by atoms with van der Waals surface area (Å²) in [5, 5.41) is 13.7. The van der Waals surface area contributed by atoms with Crippen LogP contribution in [0.3, 0.4) is 0 Å². The summed E-state index contributed by atoms with van der Waals surface area (Å²) in [7, 11) is 0. The average molecular weight is 358 g/mol. The van der Waals surface area contributed by atoms with Gasteiger partial charge in [-0.2, -0.15) is 0 Å². The van der Waals surface area contributed by atoms with Crippen LogP contribution in [0.1, 0.15) is 37.4 Å². The van der Waals surface area contributed by atoms with Crippen molar-refractivity contribution in [3.8, 4) is 5.75 Å². The fourth-order valence-corrected chi connectivity index (χ4v) is 2.50. The number of carboxylic acids is 1. The second-order valence-corrected chi connectivity index (χ2v) is 6.24. The number of amides is 1. The van der Waals surface area contributed by atoms with Crippen molar-refractivity contribution in [1.82, 2.24) is 5.32 Å². The number of nitrogens with one attached hydrogen (secondary N) is 1. The Labute approximate surface area is 151 Å². The third-order valence-corrected chi connectivity index (χ3v) is 3.64. The van der Waals surface area contributed by atoms with E-state index in [1.165, 1.54) is 24.3 Å². The Bertz CT molecular complexity index is 741. The van der Waals surface area contributed by atoms with E-state index in [1.54, 1.807) is 24.3 Å². The summed E-state index contributed by atoms with van der Waals surface area (Å²) in [5.41, 5.74) is 1.27. The highest BCUT2D eigenvalue weighted by molar-refractivity contribution is 5.79. The Morgan fingerprint density at radius 3 is 2.23 bits per heavy atom. The molecule has 0 bridgehead atoms. The molecule has 1 unspecified atom stereocenters. The summed E-state index contributed by atoms with van der Waals surface area (Å²) < 4.78 is 18.5. The molecule has 0 aliphatic rings. The van der Waals surface area contributed by atoms with Crippen molar-refractivity contribution in [3.05, 3.63) is 65.5 Å². The molecule has 26 heavy (non-hydrogen) atoms. The van der Waals surface area contributed by atoms with E-state index in [2.05, 4.69) is 5.32 Å². The van der Waals surface area contributed by atoms with Gasteiger partial charge in [-0.25, -0.2) is 4.39 Å². The maximum absolute atomic E-state index is 12.9. The van der Waals surface area contributed by atoms with Gasteiger partial charge >= 0.3 is 0 Å². The van der Waals surface area contributed by atoms with Crippen molar-refractivity contribution in [3.63, 3.8) is 0 Å². The fraction of sp³-hybridized carbons (Fsp3) is 0.300. The Morgan fingerprint density at radius 1 is 1.08 bits per heavy atom.